The molecule has 2 aromatic heterocycles. The first-order chi connectivity index (χ1) is 9.47. The standard InChI is InChI=1S/C15H19N3O2/c1-11-9-18-7-4-12(8-13(18)16-11)14(19)17(2)10-15(20)5-3-6-15/h4,7-9,20H,3,5-6,10H2,1-2H3. The number of carbonyl (C=O) groups is 1. The van der Waals surface area contributed by atoms with Gasteiger partial charge in [0.05, 0.1) is 11.3 Å². The van der Waals surface area contributed by atoms with Crippen molar-refractivity contribution in [2.45, 2.75) is 31.8 Å². The predicted octanol–water partition coefficient (Wildman–Crippen LogP) is 1.63. The molecular formula is C15H19N3O2. The number of likely N-dealkylation sites (N-methyl/N-ethyl adjacent to an activating group) is 1. The summed E-state index contributed by atoms with van der Waals surface area (Å²) in [6.45, 7) is 2.32. The van der Waals surface area contributed by atoms with Crippen LogP contribution < -0.4 is 0 Å². The molecule has 5 nitrogen and oxygen atoms in total. The first-order valence-corrected chi connectivity index (χ1v) is 6.90. The largest absolute Gasteiger partial charge is 0.388 e. The molecule has 3 rings (SSSR count). The van der Waals surface area contributed by atoms with E-state index < -0.39 is 5.60 Å². The van der Waals surface area contributed by atoms with E-state index in [0.29, 0.717) is 12.1 Å². The molecular weight excluding hydrogens is 254 g/mol. The van der Waals surface area contributed by atoms with Gasteiger partial charge in [0, 0.05) is 31.5 Å². The Morgan fingerprint density at radius 1 is 1.55 bits per heavy atom. The molecule has 1 saturated carbocycles. The molecule has 0 atom stereocenters. The molecule has 5 heteroatoms. The lowest BCUT2D eigenvalue weighted by Gasteiger charge is -2.39. The molecule has 20 heavy (non-hydrogen) atoms. The average molecular weight is 273 g/mol. The van der Waals surface area contributed by atoms with Gasteiger partial charge < -0.3 is 14.4 Å². The van der Waals surface area contributed by atoms with Gasteiger partial charge in [0.25, 0.3) is 5.91 Å². The minimum atomic E-state index is -0.682. The lowest BCUT2D eigenvalue weighted by Crippen LogP contribution is -2.48. The molecule has 106 valence electrons. The Morgan fingerprint density at radius 3 is 2.95 bits per heavy atom. The quantitative estimate of drug-likeness (QED) is 0.924. The summed E-state index contributed by atoms with van der Waals surface area (Å²) in [4.78, 5) is 18.3. The van der Waals surface area contributed by atoms with Crippen LogP contribution in [0.3, 0.4) is 0 Å². The number of amides is 1. The van der Waals surface area contributed by atoms with E-state index in [1.165, 1.54) is 0 Å². The van der Waals surface area contributed by atoms with Gasteiger partial charge in [-0.05, 0) is 38.3 Å². The first kappa shape index (κ1) is 13.1. The Kier molecular flexibility index (Phi) is 3.01. The summed E-state index contributed by atoms with van der Waals surface area (Å²) in [6, 6.07) is 3.58. The van der Waals surface area contributed by atoms with Gasteiger partial charge in [-0.2, -0.15) is 0 Å². The number of aromatic nitrogens is 2. The third-order valence-corrected chi connectivity index (χ3v) is 3.99. The zero-order valence-electron chi connectivity index (χ0n) is 11.8. The van der Waals surface area contributed by atoms with E-state index in [0.717, 1.165) is 30.6 Å². The van der Waals surface area contributed by atoms with Crippen molar-refractivity contribution in [2.24, 2.45) is 0 Å². The molecule has 0 spiro atoms. The van der Waals surface area contributed by atoms with Gasteiger partial charge in [-0.25, -0.2) is 4.98 Å². The third kappa shape index (κ3) is 2.29. The predicted molar refractivity (Wildman–Crippen MR) is 75.7 cm³/mol. The monoisotopic (exact) mass is 273 g/mol. The number of aliphatic hydroxyl groups is 1. The van der Waals surface area contributed by atoms with Gasteiger partial charge in [0.15, 0.2) is 0 Å². The average Bonchev–Trinajstić information content (AvgIpc) is 2.74. The molecule has 0 radical (unpaired) electrons. The summed E-state index contributed by atoms with van der Waals surface area (Å²) < 4.78 is 1.89. The van der Waals surface area contributed by atoms with Crippen LogP contribution in [0.5, 0.6) is 0 Å². The number of pyridine rings is 1. The fourth-order valence-electron chi connectivity index (χ4n) is 2.72. The van der Waals surface area contributed by atoms with E-state index in [-0.39, 0.29) is 5.91 Å². The maximum Gasteiger partial charge on any atom is 0.253 e. The Hall–Kier alpha value is -1.88. The highest BCUT2D eigenvalue weighted by molar-refractivity contribution is 5.95. The molecule has 0 bridgehead atoms. The van der Waals surface area contributed by atoms with Crippen molar-refractivity contribution in [3.63, 3.8) is 0 Å². The van der Waals surface area contributed by atoms with E-state index in [9.17, 15) is 9.90 Å². The molecule has 1 N–H and O–H groups in total. The second kappa shape index (κ2) is 4.59. The lowest BCUT2D eigenvalue weighted by atomic mass is 9.80. The smallest absolute Gasteiger partial charge is 0.253 e. The summed E-state index contributed by atoms with van der Waals surface area (Å²) in [5.74, 6) is -0.0755. The van der Waals surface area contributed by atoms with Crippen molar-refractivity contribution in [2.75, 3.05) is 13.6 Å². The molecule has 2 heterocycles. The first-order valence-electron chi connectivity index (χ1n) is 6.90. The van der Waals surface area contributed by atoms with Crippen LogP contribution in [-0.4, -0.2) is 44.5 Å². The SMILES string of the molecule is Cc1cn2ccc(C(=O)N(C)CC3(O)CCC3)cc2n1. The summed E-state index contributed by atoms with van der Waals surface area (Å²) in [5, 5.41) is 10.1. The van der Waals surface area contributed by atoms with Crippen LogP contribution in [-0.2, 0) is 0 Å². The topological polar surface area (TPSA) is 57.8 Å². The maximum atomic E-state index is 12.4. The molecule has 2 aromatic rings. The Morgan fingerprint density at radius 2 is 2.30 bits per heavy atom. The van der Waals surface area contributed by atoms with E-state index in [4.69, 9.17) is 0 Å². The van der Waals surface area contributed by atoms with Crippen LogP contribution in [0.25, 0.3) is 5.65 Å². The van der Waals surface area contributed by atoms with Crippen molar-refractivity contribution in [1.29, 1.82) is 0 Å². The molecule has 1 aliphatic carbocycles. The fraction of sp³-hybridized carbons (Fsp3) is 0.467. The highest BCUT2D eigenvalue weighted by atomic mass is 16.3. The number of hydrogen-bond acceptors (Lipinski definition) is 3. The second-order valence-electron chi connectivity index (χ2n) is 5.80. The number of imidazole rings is 1. The Labute approximate surface area is 117 Å². The van der Waals surface area contributed by atoms with Crippen molar-refractivity contribution in [1.82, 2.24) is 14.3 Å². The molecule has 0 aliphatic heterocycles. The van der Waals surface area contributed by atoms with Gasteiger partial charge in [0.2, 0.25) is 0 Å². The van der Waals surface area contributed by atoms with Gasteiger partial charge in [-0.3, -0.25) is 4.79 Å². The number of nitrogens with zero attached hydrogens (tertiary/aromatic N) is 3. The minimum absolute atomic E-state index is 0.0755. The van der Waals surface area contributed by atoms with Crippen molar-refractivity contribution >= 4 is 11.6 Å². The third-order valence-electron chi connectivity index (χ3n) is 3.99. The van der Waals surface area contributed by atoms with Crippen LogP contribution in [0.2, 0.25) is 0 Å². The number of aryl methyl sites for hydroxylation is 1. The maximum absolute atomic E-state index is 12.4. The van der Waals surface area contributed by atoms with Crippen LogP contribution in [0.1, 0.15) is 35.3 Å². The van der Waals surface area contributed by atoms with E-state index >= 15 is 0 Å². The molecule has 0 unspecified atom stereocenters. The highest BCUT2D eigenvalue weighted by Crippen LogP contribution is 2.32. The summed E-state index contributed by atoms with van der Waals surface area (Å²) in [5.41, 5.74) is 1.61. The molecule has 1 amide bonds. The molecule has 1 aliphatic rings. The zero-order chi connectivity index (χ0) is 14.3. The van der Waals surface area contributed by atoms with Crippen LogP contribution in [0.15, 0.2) is 24.5 Å². The van der Waals surface area contributed by atoms with Crippen LogP contribution in [0.4, 0.5) is 0 Å². The Bertz CT molecular complexity index is 658. The van der Waals surface area contributed by atoms with Crippen molar-refractivity contribution < 1.29 is 9.90 Å². The normalized spacial score (nSPS) is 16.9. The summed E-state index contributed by atoms with van der Waals surface area (Å²) in [6.07, 6.45) is 6.36. The zero-order valence-corrected chi connectivity index (χ0v) is 11.8. The van der Waals surface area contributed by atoms with E-state index in [1.807, 2.05) is 23.7 Å². The highest BCUT2D eigenvalue weighted by Gasteiger charge is 2.36. The number of fused-ring (bicyclic) bond motifs is 1. The molecule has 1 fully saturated rings. The molecule has 0 saturated heterocycles. The fourth-order valence-corrected chi connectivity index (χ4v) is 2.72. The van der Waals surface area contributed by atoms with Crippen molar-refractivity contribution in [3.05, 3.63) is 35.8 Å². The van der Waals surface area contributed by atoms with Crippen LogP contribution >= 0.6 is 0 Å². The lowest BCUT2D eigenvalue weighted by molar-refractivity contribution is -0.0499. The van der Waals surface area contributed by atoms with Gasteiger partial charge in [-0.1, -0.05) is 0 Å². The van der Waals surface area contributed by atoms with Crippen LogP contribution in [0, 0.1) is 6.92 Å². The van der Waals surface area contributed by atoms with Gasteiger partial charge >= 0.3 is 0 Å². The number of carbonyl (C=O) groups excluding carboxylic acids is 1. The molecule has 0 aromatic carbocycles. The van der Waals surface area contributed by atoms with Crippen molar-refractivity contribution in [3.8, 4) is 0 Å². The minimum Gasteiger partial charge on any atom is -0.388 e. The number of hydrogen-bond donors (Lipinski definition) is 1. The summed E-state index contributed by atoms with van der Waals surface area (Å²) >= 11 is 0. The summed E-state index contributed by atoms with van der Waals surface area (Å²) in [7, 11) is 1.74. The van der Waals surface area contributed by atoms with Gasteiger partial charge in [0.1, 0.15) is 5.65 Å². The van der Waals surface area contributed by atoms with E-state index in [1.54, 1.807) is 24.1 Å². The van der Waals surface area contributed by atoms with E-state index in [2.05, 4.69) is 4.98 Å². The Balaban J connectivity index is 1.80. The second-order valence-corrected chi connectivity index (χ2v) is 5.80. The van der Waals surface area contributed by atoms with Gasteiger partial charge in [-0.15, -0.1) is 0 Å². The number of rotatable bonds is 3.